The molecule has 1 heterocycles. The van der Waals surface area contributed by atoms with Gasteiger partial charge in [0.15, 0.2) is 5.11 Å². The van der Waals surface area contributed by atoms with E-state index in [0.29, 0.717) is 17.3 Å². The van der Waals surface area contributed by atoms with Crippen molar-refractivity contribution in [3.8, 4) is 0 Å². The highest BCUT2D eigenvalue weighted by Gasteiger charge is 2.13. The molecule has 29 heavy (non-hydrogen) atoms. The van der Waals surface area contributed by atoms with Gasteiger partial charge in [0.05, 0.1) is 31.4 Å². The number of ether oxygens (including phenoxy) is 2. The highest BCUT2D eigenvalue weighted by molar-refractivity contribution is 7.80. The molecule has 2 N–H and O–H groups in total. The summed E-state index contributed by atoms with van der Waals surface area (Å²) in [7, 11) is 0. The van der Waals surface area contributed by atoms with E-state index < -0.39 is 0 Å². The largest absolute Gasteiger partial charge is 0.462 e. The molecule has 0 aromatic heterocycles. The maximum Gasteiger partial charge on any atom is 0.338 e. The number of rotatable bonds is 6. The van der Waals surface area contributed by atoms with Crippen molar-refractivity contribution in [2.24, 2.45) is 0 Å². The van der Waals surface area contributed by atoms with E-state index in [-0.39, 0.29) is 12.0 Å². The highest BCUT2D eigenvalue weighted by atomic mass is 32.1. The topological polar surface area (TPSA) is 62.8 Å². The minimum Gasteiger partial charge on any atom is -0.462 e. The molecule has 3 rings (SSSR count). The number of carbonyl (C=O) groups is 1. The molecule has 1 aliphatic heterocycles. The van der Waals surface area contributed by atoms with Gasteiger partial charge in [0.2, 0.25) is 0 Å². The molecule has 2 aromatic carbocycles. The van der Waals surface area contributed by atoms with Crippen LogP contribution in [-0.4, -0.2) is 44.0 Å². The van der Waals surface area contributed by atoms with Crippen molar-refractivity contribution in [3.63, 3.8) is 0 Å². The van der Waals surface area contributed by atoms with Crippen molar-refractivity contribution >= 4 is 34.7 Å². The van der Waals surface area contributed by atoms with Gasteiger partial charge in [-0.3, -0.25) is 0 Å². The van der Waals surface area contributed by atoms with Gasteiger partial charge in [-0.2, -0.15) is 0 Å². The Labute approximate surface area is 177 Å². The molecule has 1 fully saturated rings. The van der Waals surface area contributed by atoms with E-state index in [1.165, 1.54) is 5.69 Å². The second-order valence-electron chi connectivity index (χ2n) is 6.81. The first kappa shape index (κ1) is 21.1. The molecule has 0 bridgehead atoms. The molecule has 2 aromatic rings. The quantitative estimate of drug-likeness (QED) is 0.552. The summed E-state index contributed by atoms with van der Waals surface area (Å²) >= 11 is 5.44. The zero-order valence-corrected chi connectivity index (χ0v) is 17.6. The zero-order chi connectivity index (χ0) is 20.6. The van der Waals surface area contributed by atoms with Crippen LogP contribution in [0.5, 0.6) is 0 Å². The average Bonchev–Trinajstić information content (AvgIpc) is 2.75. The summed E-state index contributed by atoms with van der Waals surface area (Å²) in [5, 5.41) is 6.92. The van der Waals surface area contributed by atoms with Crippen LogP contribution < -0.4 is 15.5 Å². The van der Waals surface area contributed by atoms with Crippen LogP contribution in [0.25, 0.3) is 0 Å². The Kier molecular flexibility index (Phi) is 7.43. The Bertz CT molecular complexity index is 835. The van der Waals surface area contributed by atoms with E-state index in [1.807, 2.05) is 6.07 Å². The number of anilines is 2. The first-order chi connectivity index (χ1) is 14.1. The third-order valence-corrected chi connectivity index (χ3v) is 4.97. The van der Waals surface area contributed by atoms with E-state index in [1.54, 1.807) is 25.1 Å². The maximum atomic E-state index is 11.9. The smallest absolute Gasteiger partial charge is 0.338 e. The van der Waals surface area contributed by atoms with Gasteiger partial charge in [-0.25, -0.2) is 4.79 Å². The van der Waals surface area contributed by atoms with Gasteiger partial charge in [-0.05, 0) is 62.0 Å². The number of nitrogens with zero attached hydrogens (tertiary/aromatic N) is 1. The molecular formula is C22H27N3O3S. The molecule has 0 aliphatic carbocycles. The van der Waals surface area contributed by atoms with Crippen LogP contribution in [0.1, 0.15) is 35.8 Å². The molecule has 1 atom stereocenters. The SMILES string of the molecule is CCOC(=O)c1cccc(NC(=S)N[C@@H](C)c2ccc(N3CCOCC3)cc2)c1. The van der Waals surface area contributed by atoms with Gasteiger partial charge in [0.25, 0.3) is 0 Å². The summed E-state index contributed by atoms with van der Waals surface area (Å²) in [6, 6.07) is 15.7. The van der Waals surface area contributed by atoms with E-state index >= 15 is 0 Å². The maximum absolute atomic E-state index is 11.9. The fourth-order valence-corrected chi connectivity index (χ4v) is 3.48. The Morgan fingerprint density at radius 2 is 1.93 bits per heavy atom. The molecule has 6 nitrogen and oxygen atoms in total. The molecule has 0 unspecified atom stereocenters. The monoisotopic (exact) mass is 413 g/mol. The van der Waals surface area contributed by atoms with Gasteiger partial charge < -0.3 is 25.0 Å². The number of hydrogen-bond donors (Lipinski definition) is 2. The minimum absolute atomic E-state index is 0.0435. The highest BCUT2D eigenvalue weighted by Crippen LogP contribution is 2.20. The van der Waals surface area contributed by atoms with E-state index in [2.05, 4.69) is 46.7 Å². The fraction of sp³-hybridized carbons (Fsp3) is 0.364. The van der Waals surface area contributed by atoms with Gasteiger partial charge >= 0.3 is 5.97 Å². The summed E-state index contributed by atoms with van der Waals surface area (Å²) in [6.45, 7) is 7.59. The van der Waals surface area contributed by atoms with E-state index in [4.69, 9.17) is 21.7 Å². The third-order valence-electron chi connectivity index (χ3n) is 4.75. The standard InChI is InChI=1S/C22H27N3O3S/c1-3-28-21(26)18-5-4-6-19(15-18)24-22(29)23-16(2)17-7-9-20(10-8-17)25-11-13-27-14-12-25/h4-10,15-16H,3,11-14H2,1-2H3,(H2,23,24,29)/t16-/m0/s1. The van der Waals surface area contributed by atoms with Crippen molar-refractivity contribution in [1.82, 2.24) is 5.32 Å². The number of carbonyl (C=O) groups excluding carboxylic acids is 1. The fourth-order valence-electron chi connectivity index (χ4n) is 3.18. The Hall–Kier alpha value is -2.64. The lowest BCUT2D eigenvalue weighted by molar-refractivity contribution is 0.0526. The van der Waals surface area contributed by atoms with Gasteiger partial charge in [0, 0.05) is 24.5 Å². The van der Waals surface area contributed by atoms with Gasteiger partial charge in [0.1, 0.15) is 0 Å². The second kappa shape index (κ2) is 10.2. The van der Waals surface area contributed by atoms with Crippen molar-refractivity contribution in [1.29, 1.82) is 0 Å². The number of thiocarbonyl (C=S) groups is 1. The number of benzene rings is 2. The van der Waals surface area contributed by atoms with Crippen LogP contribution in [0.15, 0.2) is 48.5 Å². The first-order valence-electron chi connectivity index (χ1n) is 9.84. The molecule has 1 saturated heterocycles. The summed E-state index contributed by atoms with van der Waals surface area (Å²) in [6.07, 6.45) is 0. The molecule has 0 radical (unpaired) electrons. The van der Waals surface area contributed by atoms with Crippen LogP contribution in [0.2, 0.25) is 0 Å². The third kappa shape index (κ3) is 5.92. The van der Waals surface area contributed by atoms with Crippen molar-refractivity contribution in [2.45, 2.75) is 19.9 Å². The summed E-state index contributed by atoms with van der Waals surface area (Å²) in [4.78, 5) is 14.2. The minimum atomic E-state index is -0.344. The molecule has 0 saturated carbocycles. The zero-order valence-electron chi connectivity index (χ0n) is 16.8. The lowest BCUT2D eigenvalue weighted by Crippen LogP contribution is -2.36. The summed E-state index contributed by atoms with van der Waals surface area (Å²) in [5.74, 6) is -0.344. The lowest BCUT2D eigenvalue weighted by Gasteiger charge is -2.29. The van der Waals surface area contributed by atoms with Crippen LogP contribution in [0.3, 0.4) is 0 Å². The average molecular weight is 414 g/mol. The van der Waals surface area contributed by atoms with Crippen LogP contribution in [0, 0.1) is 0 Å². The van der Waals surface area contributed by atoms with Gasteiger partial charge in [-0.15, -0.1) is 0 Å². The Morgan fingerprint density at radius 1 is 1.21 bits per heavy atom. The number of morpholine rings is 1. The summed E-state index contributed by atoms with van der Waals surface area (Å²) < 4.78 is 10.4. The van der Waals surface area contributed by atoms with Crippen molar-refractivity contribution in [2.75, 3.05) is 43.1 Å². The number of hydrogen-bond acceptors (Lipinski definition) is 5. The Balaban J connectivity index is 1.56. The normalized spacial score (nSPS) is 14.8. The Morgan fingerprint density at radius 3 is 2.62 bits per heavy atom. The lowest BCUT2D eigenvalue weighted by atomic mass is 10.1. The van der Waals surface area contributed by atoms with Gasteiger partial charge in [-0.1, -0.05) is 18.2 Å². The van der Waals surface area contributed by atoms with Crippen molar-refractivity contribution in [3.05, 3.63) is 59.7 Å². The molecule has 1 aliphatic rings. The van der Waals surface area contributed by atoms with Crippen molar-refractivity contribution < 1.29 is 14.3 Å². The van der Waals surface area contributed by atoms with Crippen LogP contribution >= 0.6 is 12.2 Å². The second-order valence-corrected chi connectivity index (χ2v) is 7.22. The number of nitrogens with one attached hydrogen (secondary N) is 2. The first-order valence-corrected chi connectivity index (χ1v) is 10.2. The summed E-state index contributed by atoms with van der Waals surface area (Å²) in [5.41, 5.74) is 3.58. The molecule has 154 valence electrons. The van der Waals surface area contributed by atoms with Crippen LogP contribution in [-0.2, 0) is 9.47 Å². The molecule has 7 heteroatoms. The molecule has 0 spiro atoms. The predicted octanol–water partition coefficient (Wildman–Crippen LogP) is 3.75. The molecule has 0 amide bonds. The van der Waals surface area contributed by atoms with E-state index in [9.17, 15) is 4.79 Å². The predicted molar refractivity (Wildman–Crippen MR) is 120 cm³/mol. The van der Waals surface area contributed by atoms with E-state index in [0.717, 1.165) is 37.6 Å². The van der Waals surface area contributed by atoms with Crippen LogP contribution in [0.4, 0.5) is 11.4 Å². The molecular weight excluding hydrogens is 386 g/mol. The number of esters is 1.